The molecule has 0 aromatic carbocycles. The van der Waals surface area contributed by atoms with E-state index in [1.165, 1.54) is 11.2 Å². The molecule has 2 aliphatic heterocycles. The Morgan fingerprint density at radius 2 is 2.43 bits per heavy atom. The molecular weight excluding hydrogens is 184 g/mol. The van der Waals surface area contributed by atoms with Gasteiger partial charge in [0.05, 0.1) is 0 Å². The average Bonchev–Trinajstić information content (AvgIpc) is 2.61. The third-order valence-electron chi connectivity index (χ3n) is 2.11. The number of carbonyl (C=O) groups excluding carboxylic acids is 1. The summed E-state index contributed by atoms with van der Waals surface area (Å²) in [7, 11) is 0. The highest BCUT2D eigenvalue weighted by Crippen LogP contribution is 2.35. The first kappa shape index (κ1) is 7.37. The van der Waals surface area contributed by atoms with Gasteiger partial charge >= 0.3 is 6.09 Å². The molecule has 1 aromatic heterocycles. The van der Waals surface area contributed by atoms with Crippen molar-refractivity contribution in [2.24, 2.45) is 0 Å². The van der Waals surface area contributed by atoms with Gasteiger partial charge in [-0.25, -0.2) is 14.7 Å². The van der Waals surface area contributed by atoms with Crippen molar-refractivity contribution >= 4 is 11.8 Å². The van der Waals surface area contributed by atoms with Crippen LogP contribution in [-0.2, 0) is 4.74 Å². The molecule has 0 unspecified atom stereocenters. The molecule has 3 heterocycles. The second kappa shape index (κ2) is 2.47. The van der Waals surface area contributed by atoms with Gasteiger partial charge in [0.15, 0.2) is 0 Å². The normalized spacial score (nSPS) is 17.9. The van der Waals surface area contributed by atoms with E-state index in [0.717, 1.165) is 0 Å². The number of hydrogen-bond donors (Lipinski definition) is 0. The van der Waals surface area contributed by atoms with Gasteiger partial charge < -0.3 is 9.47 Å². The fourth-order valence-corrected chi connectivity index (χ4v) is 1.49. The predicted molar refractivity (Wildman–Crippen MR) is 46.8 cm³/mol. The number of aromatic nitrogens is 1. The van der Waals surface area contributed by atoms with Gasteiger partial charge in [0.2, 0.25) is 5.88 Å². The summed E-state index contributed by atoms with van der Waals surface area (Å²) in [6.45, 7) is 0.257. The first-order chi connectivity index (χ1) is 6.86. The van der Waals surface area contributed by atoms with Crippen LogP contribution in [0.5, 0.6) is 5.88 Å². The van der Waals surface area contributed by atoms with Crippen LogP contribution in [0.2, 0.25) is 0 Å². The maximum absolute atomic E-state index is 11.4. The molecule has 0 N–H and O–H groups in total. The zero-order valence-electron chi connectivity index (χ0n) is 7.14. The Morgan fingerprint density at radius 3 is 3.36 bits per heavy atom. The van der Waals surface area contributed by atoms with Crippen LogP contribution >= 0.6 is 0 Å². The van der Waals surface area contributed by atoms with E-state index < -0.39 is 0 Å². The Morgan fingerprint density at radius 1 is 1.50 bits per heavy atom. The molecule has 5 nitrogen and oxygen atoms in total. The van der Waals surface area contributed by atoms with Crippen molar-refractivity contribution in [1.29, 1.82) is 0 Å². The van der Waals surface area contributed by atoms with Crippen molar-refractivity contribution in [3.05, 3.63) is 30.3 Å². The lowest BCUT2D eigenvalue weighted by atomic mass is 10.3. The third-order valence-corrected chi connectivity index (χ3v) is 2.11. The minimum absolute atomic E-state index is 0.257. The molecule has 0 radical (unpaired) electrons. The van der Waals surface area contributed by atoms with Crippen LogP contribution in [0.15, 0.2) is 30.3 Å². The number of carbonyl (C=O) groups is 1. The highest BCUT2D eigenvalue weighted by molar-refractivity contribution is 5.95. The number of nitrogens with zero attached hydrogens (tertiary/aromatic N) is 2. The van der Waals surface area contributed by atoms with Crippen molar-refractivity contribution in [2.45, 2.75) is 0 Å². The van der Waals surface area contributed by atoms with E-state index in [-0.39, 0.29) is 12.7 Å². The standard InChI is InChI=1S/C9H6N2O3/c12-9-11-6(5-14-9)4-13-8-7(11)2-1-3-10-8/h1-4H,5H2. The van der Waals surface area contributed by atoms with Crippen molar-refractivity contribution in [3.8, 4) is 5.88 Å². The summed E-state index contributed by atoms with van der Waals surface area (Å²) in [4.78, 5) is 16.8. The van der Waals surface area contributed by atoms with Crippen molar-refractivity contribution < 1.29 is 14.3 Å². The Balaban J connectivity index is 2.17. The van der Waals surface area contributed by atoms with Crippen LogP contribution in [0.1, 0.15) is 0 Å². The van der Waals surface area contributed by atoms with Crippen LogP contribution < -0.4 is 9.64 Å². The summed E-state index contributed by atoms with van der Waals surface area (Å²) < 4.78 is 10.1. The SMILES string of the molecule is O=C1OCC2=COc3ncccc3N12. The van der Waals surface area contributed by atoms with Gasteiger partial charge in [-0.1, -0.05) is 0 Å². The van der Waals surface area contributed by atoms with E-state index >= 15 is 0 Å². The maximum Gasteiger partial charge on any atom is 0.419 e. The Labute approximate surface area is 79.6 Å². The van der Waals surface area contributed by atoms with Crippen LogP contribution in [0.4, 0.5) is 10.5 Å². The molecule has 1 amide bonds. The molecule has 0 aliphatic carbocycles. The summed E-state index contributed by atoms with van der Waals surface area (Å²) in [5, 5.41) is 0. The molecule has 0 bridgehead atoms. The number of cyclic esters (lactones) is 1. The monoisotopic (exact) mass is 190 g/mol. The molecule has 3 rings (SSSR count). The van der Waals surface area contributed by atoms with Gasteiger partial charge in [-0.05, 0) is 12.1 Å². The van der Waals surface area contributed by atoms with E-state index in [2.05, 4.69) is 4.98 Å². The zero-order chi connectivity index (χ0) is 9.54. The molecule has 1 saturated heterocycles. The van der Waals surface area contributed by atoms with E-state index in [4.69, 9.17) is 9.47 Å². The lowest BCUT2D eigenvalue weighted by Crippen LogP contribution is -2.25. The molecule has 1 fully saturated rings. The summed E-state index contributed by atoms with van der Waals surface area (Å²) in [6, 6.07) is 3.51. The van der Waals surface area contributed by atoms with E-state index in [1.54, 1.807) is 18.3 Å². The molecule has 0 saturated carbocycles. The van der Waals surface area contributed by atoms with E-state index in [0.29, 0.717) is 17.3 Å². The summed E-state index contributed by atoms with van der Waals surface area (Å²) in [6.07, 6.45) is 2.72. The Bertz CT molecular complexity index is 441. The number of rotatable bonds is 0. The number of anilines is 1. The minimum atomic E-state index is -0.381. The quantitative estimate of drug-likeness (QED) is 0.618. The van der Waals surface area contributed by atoms with Crippen molar-refractivity contribution in [3.63, 3.8) is 0 Å². The van der Waals surface area contributed by atoms with Gasteiger partial charge in [-0.3, -0.25) is 0 Å². The predicted octanol–water partition coefficient (Wildman–Crippen LogP) is 1.27. The lowest BCUT2D eigenvalue weighted by molar-refractivity contribution is 0.182. The second-order valence-electron chi connectivity index (χ2n) is 2.94. The second-order valence-corrected chi connectivity index (χ2v) is 2.94. The average molecular weight is 190 g/mol. The van der Waals surface area contributed by atoms with E-state index in [1.807, 2.05) is 0 Å². The molecule has 0 spiro atoms. The number of amides is 1. The molecule has 1 aromatic rings. The van der Waals surface area contributed by atoms with Crippen LogP contribution in [0.25, 0.3) is 0 Å². The first-order valence-corrected chi connectivity index (χ1v) is 4.14. The highest BCUT2D eigenvalue weighted by Gasteiger charge is 2.34. The maximum atomic E-state index is 11.4. The van der Waals surface area contributed by atoms with Crippen molar-refractivity contribution in [1.82, 2.24) is 4.98 Å². The summed E-state index contributed by atoms with van der Waals surface area (Å²) in [5.74, 6) is 0.426. The highest BCUT2D eigenvalue weighted by atomic mass is 16.6. The lowest BCUT2D eigenvalue weighted by Gasteiger charge is -2.20. The summed E-state index contributed by atoms with van der Waals surface area (Å²) in [5.41, 5.74) is 1.34. The van der Waals surface area contributed by atoms with Gasteiger partial charge in [0.1, 0.15) is 24.3 Å². The fraction of sp³-hybridized carbons (Fsp3) is 0.111. The molecule has 0 atom stereocenters. The Hall–Kier alpha value is -2.04. The van der Waals surface area contributed by atoms with Crippen LogP contribution in [0.3, 0.4) is 0 Å². The van der Waals surface area contributed by atoms with Gasteiger partial charge in [0, 0.05) is 6.20 Å². The van der Waals surface area contributed by atoms with Crippen LogP contribution in [-0.4, -0.2) is 17.7 Å². The molecule has 70 valence electrons. The smallest absolute Gasteiger partial charge is 0.419 e. The third kappa shape index (κ3) is 0.834. The molecule has 2 aliphatic rings. The number of ether oxygens (including phenoxy) is 2. The van der Waals surface area contributed by atoms with Crippen LogP contribution in [0, 0.1) is 0 Å². The summed E-state index contributed by atoms with van der Waals surface area (Å²) >= 11 is 0. The molecule has 5 heteroatoms. The number of fused-ring (bicyclic) bond motifs is 3. The fourth-order valence-electron chi connectivity index (χ4n) is 1.49. The number of pyridine rings is 1. The largest absolute Gasteiger partial charge is 0.443 e. The zero-order valence-corrected chi connectivity index (χ0v) is 7.14. The van der Waals surface area contributed by atoms with Gasteiger partial charge in [-0.15, -0.1) is 0 Å². The van der Waals surface area contributed by atoms with E-state index in [9.17, 15) is 4.79 Å². The minimum Gasteiger partial charge on any atom is -0.443 e. The first-order valence-electron chi connectivity index (χ1n) is 4.14. The van der Waals surface area contributed by atoms with Gasteiger partial charge in [-0.2, -0.15) is 0 Å². The Kier molecular flexibility index (Phi) is 1.30. The topological polar surface area (TPSA) is 51.7 Å². The van der Waals surface area contributed by atoms with Crippen molar-refractivity contribution in [2.75, 3.05) is 11.5 Å². The van der Waals surface area contributed by atoms with Gasteiger partial charge in [0.25, 0.3) is 0 Å². The molecule has 14 heavy (non-hydrogen) atoms. The number of hydrogen-bond acceptors (Lipinski definition) is 4. The molecular formula is C9H6N2O3.